The van der Waals surface area contributed by atoms with Crippen LogP contribution < -0.4 is 0 Å². The average molecular weight is 253 g/mol. The summed E-state index contributed by atoms with van der Waals surface area (Å²) in [5.41, 5.74) is 1.15. The van der Waals surface area contributed by atoms with E-state index >= 15 is 0 Å². The zero-order chi connectivity index (χ0) is 11.7. The highest BCUT2D eigenvalue weighted by Gasteiger charge is 2.43. The van der Waals surface area contributed by atoms with Crippen LogP contribution in [0.25, 0.3) is 0 Å². The lowest BCUT2D eigenvalue weighted by Gasteiger charge is -2.22. The molecule has 2 fully saturated rings. The fourth-order valence-corrected chi connectivity index (χ4v) is 3.02. The molecule has 0 bridgehead atoms. The number of hydrogen-bond acceptors (Lipinski definition) is 2. The van der Waals surface area contributed by atoms with Crippen LogP contribution >= 0.6 is 11.6 Å². The number of hydrogen-bond donors (Lipinski definition) is 0. The molecule has 1 aromatic carbocycles. The molecule has 0 amide bonds. The molecule has 1 aromatic rings. The van der Waals surface area contributed by atoms with Crippen LogP contribution in [0.4, 0.5) is 0 Å². The first kappa shape index (κ1) is 11.5. The Morgan fingerprint density at radius 3 is 2.76 bits per heavy atom. The third-order valence-corrected chi connectivity index (χ3v) is 4.05. The molecule has 92 valence electrons. The molecule has 0 N–H and O–H groups in total. The molecule has 2 nitrogen and oxygen atoms in total. The second-order valence-electron chi connectivity index (χ2n) is 4.96. The smallest absolute Gasteiger partial charge is 0.168 e. The second kappa shape index (κ2) is 4.60. The lowest BCUT2D eigenvalue weighted by atomic mass is 10.1. The highest BCUT2D eigenvalue weighted by Crippen LogP contribution is 2.40. The van der Waals surface area contributed by atoms with E-state index in [0.717, 1.165) is 29.8 Å². The van der Waals surface area contributed by atoms with Gasteiger partial charge in [-0.15, -0.1) is 0 Å². The minimum atomic E-state index is -0.258. The van der Waals surface area contributed by atoms with Crippen molar-refractivity contribution in [2.45, 2.75) is 44.0 Å². The third kappa shape index (κ3) is 2.35. The van der Waals surface area contributed by atoms with Gasteiger partial charge in [-0.1, -0.05) is 29.8 Å². The van der Waals surface area contributed by atoms with Gasteiger partial charge in [0.15, 0.2) is 5.79 Å². The summed E-state index contributed by atoms with van der Waals surface area (Å²) in [6.45, 7) is 0.700. The van der Waals surface area contributed by atoms with Gasteiger partial charge in [-0.05, 0) is 24.5 Å². The molecule has 2 aliphatic rings. The molecule has 3 heteroatoms. The van der Waals surface area contributed by atoms with Gasteiger partial charge in [0.1, 0.15) is 0 Å². The molecule has 1 unspecified atom stereocenters. The Hall–Kier alpha value is -0.570. The SMILES string of the molecule is Clc1ccccc1CC1COC2(CCCC2)O1. The minimum Gasteiger partial charge on any atom is -0.347 e. The maximum Gasteiger partial charge on any atom is 0.168 e. The topological polar surface area (TPSA) is 18.5 Å². The van der Waals surface area contributed by atoms with Crippen LogP contribution in [0.5, 0.6) is 0 Å². The first-order valence-electron chi connectivity index (χ1n) is 6.33. The van der Waals surface area contributed by atoms with Crippen LogP contribution in [-0.4, -0.2) is 18.5 Å². The van der Waals surface area contributed by atoms with Crippen LogP contribution in [0.15, 0.2) is 24.3 Å². The number of benzene rings is 1. The van der Waals surface area contributed by atoms with E-state index in [0.29, 0.717) is 6.61 Å². The van der Waals surface area contributed by atoms with Crippen LogP contribution in [0.3, 0.4) is 0 Å². The summed E-state index contributed by atoms with van der Waals surface area (Å²) < 4.78 is 11.9. The summed E-state index contributed by atoms with van der Waals surface area (Å²) in [5.74, 6) is -0.258. The fraction of sp³-hybridized carbons (Fsp3) is 0.571. The van der Waals surface area contributed by atoms with E-state index in [1.807, 2.05) is 18.2 Å². The van der Waals surface area contributed by atoms with Gasteiger partial charge in [-0.3, -0.25) is 0 Å². The normalized spacial score (nSPS) is 26.8. The van der Waals surface area contributed by atoms with Crippen LogP contribution in [-0.2, 0) is 15.9 Å². The van der Waals surface area contributed by atoms with Crippen molar-refractivity contribution in [2.75, 3.05) is 6.61 Å². The van der Waals surface area contributed by atoms with E-state index in [4.69, 9.17) is 21.1 Å². The fourth-order valence-electron chi connectivity index (χ4n) is 2.80. The number of ether oxygens (including phenoxy) is 2. The quantitative estimate of drug-likeness (QED) is 0.801. The van der Waals surface area contributed by atoms with Crippen molar-refractivity contribution in [3.63, 3.8) is 0 Å². The van der Waals surface area contributed by atoms with Crippen molar-refractivity contribution in [2.24, 2.45) is 0 Å². The predicted octanol–water partition coefficient (Wildman–Crippen LogP) is 3.57. The molecule has 1 aliphatic carbocycles. The Balaban J connectivity index is 1.66. The van der Waals surface area contributed by atoms with Crippen molar-refractivity contribution in [1.82, 2.24) is 0 Å². The maximum absolute atomic E-state index is 6.16. The molecule has 0 aromatic heterocycles. The van der Waals surface area contributed by atoms with Gasteiger partial charge < -0.3 is 9.47 Å². The molecule has 3 rings (SSSR count). The van der Waals surface area contributed by atoms with Crippen LogP contribution in [0.2, 0.25) is 5.02 Å². The van der Waals surface area contributed by atoms with Gasteiger partial charge in [0.2, 0.25) is 0 Å². The van der Waals surface area contributed by atoms with E-state index in [2.05, 4.69) is 6.07 Å². The van der Waals surface area contributed by atoms with Gasteiger partial charge in [0, 0.05) is 24.3 Å². The van der Waals surface area contributed by atoms with Crippen molar-refractivity contribution >= 4 is 11.6 Å². The van der Waals surface area contributed by atoms with E-state index < -0.39 is 0 Å². The maximum atomic E-state index is 6.16. The van der Waals surface area contributed by atoms with E-state index in [1.165, 1.54) is 12.8 Å². The van der Waals surface area contributed by atoms with Crippen molar-refractivity contribution in [3.05, 3.63) is 34.9 Å². The molecule has 17 heavy (non-hydrogen) atoms. The van der Waals surface area contributed by atoms with Crippen molar-refractivity contribution in [1.29, 1.82) is 0 Å². The number of halogens is 1. The van der Waals surface area contributed by atoms with Gasteiger partial charge >= 0.3 is 0 Å². The highest BCUT2D eigenvalue weighted by atomic mass is 35.5. The Labute approximate surface area is 107 Å². The predicted molar refractivity (Wildman–Crippen MR) is 67.2 cm³/mol. The van der Waals surface area contributed by atoms with Crippen LogP contribution in [0, 0.1) is 0 Å². The molecule has 1 aliphatic heterocycles. The Morgan fingerprint density at radius 2 is 2.00 bits per heavy atom. The van der Waals surface area contributed by atoms with E-state index in [1.54, 1.807) is 0 Å². The zero-order valence-electron chi connectivity index (χ0n) is 9.82. The molecule has 1 heterocycles. The molecule has 1 spiro atoms. The molecular weight excluding hydrogens is 236 g/mol. The molecule has 1 saturated carbocycles. The Bertz CT molecular complexity index is 399. The van der Waals surface area contributed by atoms with E-state index in [9.17, 15) is 0 Å². The summed E-state index contributed by atoms with van der Waals surface area (Å²) in [5, 5.41) is 0.823. The molecule has 0 radical (unpaired) electrons. The summed E-state index contributed by atoms with van der Waals surface area (Å²) in [6.07, 6.45) is 5.55. The monoisotopic (exact) mass is 252 g/mol. The van der Waals surface area contributed by atoms with Gasteiger partial charge in [-0.25, -0.2) is 0 Å². The van der Waals surface area contributed by atoms with Crippen molar-refractivity contribution in [3.8, 4) is 0 Å². The Morgan fingerprint density at radius 1 is 1.24 bits per heavy atom. The Kier molecular flexibility index (Phi) is 3.12. The van der Waals surface area contributed by atoms with Gasteiger partial charge in [0.25, 0.3) is 0 Å². The largest absolute Gasteiger partial charge is 0.347 e. The lowest BCUT2D eigenvalue weighted by molar-refractivity contribution is -0.161. The first-order chi connectivity index (χ1) is 8.27. The summed E-state index contributed by atoms with van der Waals surface area (Å²) in [6, 6.07) is 7.96. The number of rotatable bonds is 2. The third-order valence-electron chi connectivity index (χ3n) is 3.68. The lowest BCUT2D eigenvalue weighted by Crippen LogP contribution is -2.27. The second-order valence-corrected chi connectivity index (χ2v) is 5.37. The molecule has 1 saturated heterocycles. The zero-order valence-corrected chi connectivity index (χ0v) is 10.6. The van der Waals surface area contributed by atoms with E-state index in [-0.39, 0.29) is 11.9 Å². The summed E-state index contributed by atoms with van der Waals surface area (Å²) in [4.78, 5) is 0. The van der Waals surface area contributed by atoms with Crippen LogP contribution in [0.1, 0.15) is 31.2 Å². The molecule has 1 atom stereocenters. The highest BCUT2D eigenvalue weighted by molar-refractivity contribution is 6.31. The van der Waals surface area contributed by atoms with Gasteiger partial charge in [0.05, 0.1) is 12.7 Å². The first-order valence-corrected chi connectivity index (χ1v) is 6.70. The standard InChI is InChI=1S/C14H17ClO2/c15-13-6-2-1-5-11(13)9-12-10-16-14(17-12)7-3-4-8-14/h1-2,5-6,12H,3-4,7-10H2. The summed E-state index contributed by atoms with van der Waals surface area (Å²) >= 11 is 6.16. The molecular formula is C14H17ClO2. The van der Waals surface area contributed by atoms with Crippen molar-refractivity contribution < 1.29 is 9.47 Å². The average Bonchev–Trinajstić information content (AvgIpc) is 2.94. The summed E-state index contributed by atoms with van der Waals surface area (Å²) in [7, 11) is 0. The van der Waals surface area contributed by atoms with Gasteiger partial charge in [-0.2, -0.15) is 0 Å². The minimum absolute atomic E-state index is 0.160.